The van der Waals surface area contributed by atoms with E-state index in [0.29, 0.717) is 21.2 Å². The topological polar surface area (TPSA) is 355 Å². The molecule has 2 atom stereocenters. The zero-order chi connectivity index (χ0) is 88.6. The Labute approximate surface area is 698 Å². The molecule has 0 saturated carbocycles. The first-order chi connectivity index (χ1) is 58.0. The molecule has 0 spiro atoms. The lowest BCUT2D eigenvalue weighted by Gasteiger charge is -2.12. The number of nitrogens with one attached hydrogen (secondary N) is 1. The molecule has 1 N–H and O–H groups in total. The molecule has 122 heavy (non-hydrogen) atoms. The summed E-state index contributed by atoms with van der Waals surface area (Å²) < 4.78 is 252. The fourth-order valence-corrected chi connectivity index (χ4v) is 13.1. The Balaban J connectivity index is 0.000000187. The second kappa shape index (κ2) is 44.1. The molecule has 0 aromatic heterocycles. The smallest absolute Gasteiger partial charge is 0.536 e. The van der Waals surface area contributed by atoms with Gasteiger partial charge in [0.2, 0.25) is 0 Å². The molecule has 0 fully saturated rings. The van der Waals surface area contributed by atoms with Crippen molar-refractivity contribution in [1.82, 2.24) is 5.32 Å². The largest absolute Gasteiger partial charge is 0.741 e. The number of alkyl halides is 9. The van der Waals surface area contributed by atoms with E-state index in [2.05, 4.69) is 45.7 Å². The fraction of sp³-hybridized carbons (Fsp3) is 0.0723. The predicted octanol–water partition coefficient (Wildman–Crippen LogP) is 17.3. The minimum Gasteiger partial charge on any atom is -0.741 e. The highest BCUT2D eigenvalue weighted by molar-refractivity contribution is 7.88. The van der Waals surface area contributed by atoms with Gasteiger partial charge >= 0.3 is 47.5 Å². The van der Waals surface area contributed by atoms with Crippen LogP contribution in [-0.4, -0.2) is 92.2 Å². The monoisotopic (exact) mass is 1790 g/mol. The lowest BCUT2D eigenvalue weighted by atomic mass is 10.0. The number of oxime groups is 5. The molecule has 0 saturated heterocycles. The molecule has 1 aliphatic rings. The zero-order valence-electron chi connectivity index (χ0n) is 62.6. The van der Waals surface area contributed by atoms with Gasteiger partial charge in [0.1, 0.15) is 21.6 Å². The number of benzene rings is 12. The number of carbonyl (C=O) groups excluding carboxylic acids is 1. The Morgan fingerprint density at radius 2 is 0.869 bits per heavy atom. The molecule has 0 heterocycles. The van der Waals surface area contributed by atoms with Crippen LogP contribution in [0.3, 0.4) is 0 Å². The van der Waals surface area contributed by atoms with Crippen molar-refractivity contribution in [2.24, 2.45) is 25.8 Å². The lowest BCUT2D eigenvalue weighted by molar-refractivity contribution is -0.137. The average Bonchev–Trinajstić information content (AvgIpc) is 1.13. The number of nitrogens with zero attached hydrogens (tertiary/aromatic N) is 6. The van der Waals surface area contributed by atoms with Crippen LogP contribution >= 0.6 is 0 Å². The van der Waals surface area contributed by atoms with Crippen molar-refractivity contribution >= 4 is 108 Å². The second-order valence-electron chi connectivity index (χ2n) is 24.1. The number of hydrogen-bond acceptors (Lipinski definition) is 23. The van der Waals surface area contributed by atoms with Gasteiger partial charge in [0.05, 0.1) is 26.8 Å². The fourth-order valence-electron chi connectivity index (χ4n) is 9.88. The van der Waals surface area contributed by atoms with Gasteiger partial charge in [-0.1, -0.05) is 288 Å². The van der Waals surface area contributed by atoms with E-state index in [4.69, 9.17) is 31.1 Å². The quantitative estimate of drug-likeness (QED) is 0.0185. The molecule has 632 valence electrons. The number of carbonyl (C=O) groups is 1. The first-order valence-corrected chi connectivity index (χ1v) is 42.5. The van der Waals surface area contributed by atoms with Crippen LogP contribution in [0.2, 0.25) is 0 Å². The highest BCUT2D eigenvalue weighted by atomic mass is 32.2. The van der Waals surface area contributed by atoms with Crippen molar-refractivity contribution < 1.29 is 112 Å². The number of aryl methyl sites for hydroxylation is 1. The second-order valence-corrected chi connectivity index (χ2v) is 32.2. The summed E-state index contributed by atoms with van der Waals surface area (Å²) in [6, 6.07) is 94.3. The standard InChI is InChI=1S/C21H15F3N2O4S.C19H15NO3S.C18H15NO2S.C15H13NO2S.C9H5F3N2O3S.CHF3O3S/c22-21(23,24)17-11-7-10-16(14-17)19(25-20(27)15-8-3-1-4-9-15)26-30-31(28,29)18-12-5-2-6-13-18;21-24(22,18-14-8-3-9-15-18)23-20-19(16-10-4-1-5-11-16)17-12-6-2-7-13-17;1-14(15-8-3-2-4-9-15)19-21-22(20)18-13-7-11-16-10-5-6-12-17(16)18;17-19(13-7-2-1-3-8-13)18-16-15-11-10-12-6-4-5-9-14(12)15;10-9(11,12)18(15,16)17-14-8(6-13)7-4-2-1-3-5-7;2-1(3,4)8(5,6)7/h1-14H,(H,25,26,27);1-15H;2-13H,1H3;1-9H,10-11H2;1-5H;(H,5,6,7)/p-1/b;;19-14+;16-15+;14-8+;. The summed E-state index contributed by atoms with van der Waals surface area (Å²) in [5.74, 6) is -1.21. The maximum absolute atomic E-state index is 13.1. The van der Waals surface area contributed by atoms with Gasteiger partial charge in [-0.05, 0) is 108 Å². The van der Waals surface area contributed by atoms with Gasteiger partial charge in [-0.2, -0.15) is 70.0 Å². The average molecular weight is 1790 g/mol. The van der Waals surface area contributed by atoms with E-state index in [1.54, 1.807) is 66.7 Å². The molecule has 1 aliphatic carbocycles. The van der Waals surface area contributed by atoms with E-state index in [-0.39, 0.29) is 26.5 Å². The van der Waals surface area contributed by atoms with Crippen molar-refractivity contribution in [1.29, 1.82) is 5.26 Å². The van der Waals surface area contributed by atoms with Gasteiger partial charge in [0.25, 0.3) is 28.1 Å². The first kappa shape index (κ1) is 94.1. The van der Waals surface area contributed by atoms with E-state index in [1.807, 2.05) is 171 Å². The molecular weight excluding hydrogens is 1730 g/mol. The highest BCUT2D eigenvalue weighted by Crippen LogP contribution is 2.31. The molecule has 0 bridgehead atoms. The van der Waals surface area contributed by atoms with Gasteiger partial charge in [-0.25, -0.2) is 16.8 Å². The third-order valence-electron chi connectivity index (χ3n) is 15.8. The third-order valence-corrected chi connectivity index (χ3v) is 21.2. The van der Waals surface area contributed by atoms with Crippen LogP contribution in [0.4, 0.5) is 39.5 Å². The summed E-state index contributed by atoms with van der Waals surface area (Å²) in [5.41, 5.74) is -5.81. The van der Waals surface area contributed by atoms with Crippen molar-refractivity contribution in [2.75, 3.05) is 0 Å². The SMILES string of the molecule is C/C(=N\OS(=O)c1cccc2ccccc12)c1ccccc1.N#C/C(=N\OS(=O)(=O)C(F)(F)F)c1ccccc1.O=C(N/C(=N\OS(=O)(=O)c1ccccc1)c1cccc(C(F)(F)F)c1)c1ccccc1.O=S(=O)(ON=C(c1ccccc1)c1ccccc1)c1ccccc1.O=S(=O)([O-])C(F)(F)F.O=S(O/N=C1\CCc2ccccc21)c1ccccc1. The maximum atomic E-state index is 13.1. The number of hydrogen-bond donors (Lipinski definition) is 1. The predicted molar refractivity (Wildman–Crippen MR) is 436 cm³/mol. The van der Waals surface area contributed by atoms with Gasteiger partial charge in [0.15, 0.2) is 21.7 Å². The van der Waals surface area contributed by atoms with E-state index in [1.165, 1.54) is 90.5 Å². The molecule has 12 aromatic rings. The van der Waals surface area contributed by atoms with Crippen LogP contribution < -0.4 is 5.32 Å². The Morgan fingerprint density at radius 3 is 1.37 bits per heavy atom. The summed E-state index contributed by atoms with van der Waals surface area (Å²) >= 11 is -3.18. The molecule has 12 aromatic carbocycles. The minimum absolute atomic E-state index is 0.0641. The lowest BCUT2D eigenvalue weighted by Crippen LogP contribution is -2.32. The van der Waals surface area contributed by atoms with Crippen LogP contribution in [0.1, 0.15) is 68.2 Å². The number of amidine groups is 1. The van der Waals surface area contributed by atoms with E-state index >= 15 is 0 Å². The number of halogens is 9. The molecule has 2 unspecified atom stereocenters. The number of amides is 1. The van der Waals surface area contributed by atoms with Crippen molar-refractivity contribution in [3.05, 3.63) is 384 Å². The van der Waals surface area contributed by atoms with Crippen molar-refractivity contribution in [3.8, 4) is 6.07 Å². The highest BCUT2D eigenvalue weighted by Gasteiger charge is 2.49. The van der Waals surface area contributed by atoms with Gasteiger partial charge < -0.3 is 9.87 Å². The number of nitriles is 1. The number of fused-ring (bicyclic) bond motifs is 2. The van der Waals surface area contributed by atoms with Crippen molar-refractivity contribution in [3.63, 3.8) is 0 Å². The van der Waals surface area contributed by atoms with Crippen molar-refractivity contribution in [2.45, 2.75) is 56.5 Å². The molecular formula is C83H63F9N7O17S6-. The maximum Gasteiger partial charge on any atom is 0.536 e. The molecule has 0 radical (unpaired) electrons. The summed E-state index contributed by atoms with van der Waals surface area (Å²) in [6.07, 6.45) is -2.84. The van der Waals surface area contributed by atoms with Gasteiger partial charge in [0, 0.05) is 38.8 Å². The molecule has 0 aliphatic heterocycles. The number of rotatable bonds is 20. The molecule has 24 nitrogen and oxygen atoms in total. The summed E-state index contributed by atoms with van der Waals surface area (Å²) in [4.78, 5) is 13.6. The van der Waals surface area contributed by atoms with Crippen LogP contribution in [0.15, 0.2) is 379 Å². The normalized spacial score (nSPS) is 13.1. The van der Waals surface area contributed by atoms with E-state index in [9.17, 15) is 78.0 Å². The molecule has 1 amide bonds. The Morgan fingerprint density at radius 1 is 0.443 bits per heavy atom. The first-order valence-electron chi connectivity index (χ1n) is 34.8. The van der Waals surface area contributed by atoms with E-state index in [0.717, 1.165) is 69.8 Å². The minimum atomic E-state index is -6.09. The Bertz CT molecular complexity index is 6210. The molecule has 13 rings (SSSR count). The van der Waals surface area contributed by atoms with Gasteiger partial charge in [-0.3, -0.25) is 26.2 Å². The Hall–Kier alpha value is -13.4. The van der Waals surface area contributed by atoms with E-state index < -0.39 is 103 Å². The van der Waals surface area contributed by atoms with Crippen LogP contribution in [0, 0.1) is 11.3 Å². The Kier molecular flexibility index (Phi) is 34.0. The summed E-state index contributed by atoms with van der Waals surface area (Å²) in [5, 5.41) is 31.0. The van der Waals surface area contributed by atoms with Crippen LogP contribution in [-0.2, 0) is 96.6 Å². The zero-order valence-corrected chi connectivity index (χ0v) is 67.5. The molecule has 39 heteroatoms. The summed E-state index contributed by atoms with van der Waals surface area (Å²) in [6.45, 7) is 1.83. The van der Waals surface area contributed by atoms with Crippen LogP contribution in [0.5, 0.6) is 0 Å². The third kappa shape index (κ3) is 28.7. The van der Waals surface area contributed by atoms with Gasteiger partial charge in [-0.15, -0.1) is 0 Å². The summed E-state index contributed by atoms with van der Waals surface area (Å²) in [7, 11) is -20.3. The van der Waals surface area contributed by atoms with Crippen LogP contribution in [0.25, 0.3) is 10.8 Å².